The smallest absolute Gasteiger partial charge is 0.131 e. The van der Waals surface area contributed by atoms with Crippen molar-refractivity contribution in [1.29, 1.82) is 0 Å². The molecule has 2 N–H and O–H groups in total. The van der Waals surface area contributed by atoms with Gasteiger partial charge in [-0.15, -0.1) is 0 Å². The van der Waals surface area contributed by atoms with Crippen molar-refractivity contribution in [2.45, 2.75) is 26.1 Å². The molecule has 0 spiro atoms. The number of aliphatic hydroxyl groups excluding tert-OH is 2. The molecule has 0 bridgehead atoms. The third kappa shape index (κ3) is 1.62. The molecule has 0 fully saturated rings. The highest BCUT2D eigenvalue weighted by atomic mass is 19.1. The van der Waals surface area contributed by atoms with Crippen molar-refractivity contribution >= 4 is 0 Å². The SMILES string of the molecule is Cc1ccc(F)c2c1[C@@H](O)[C@@H](O)c1c(C)ccc(F)c1-2. The molecular formula is C16H14F2O2. The van der Waals surface area contributed by atoms with Gasteiger partial charge in [-0.2, -0.15) is 0 Å². The number of benzene rings is 2. The van der Waals surface area contributed by atoms with E-state index in [0.29, 0.717) is 11.1 Å². The Morgan fingerprint density at radius 2 is 1.10 bits per heavy atom. The Bertz CT molecular complexity index is 649. The summed E-state index contributed by atoms with van der Waals surface area (Å²) in [7, 11) is 0. The molecule has 0 saturated carbocycles. The molecule has 1 aliphatic rings. The molecule has 20 heavy (non-hydrogen) atoms. The van der Waals surface area contributed by atoms with Crippen molar-refractivity contribution in [3.8, 4) is 11.1 Å². The molecule has 2 nitrogen and oxygen atoms in total. The molecule has 0 unspecified atom stereocenters. The summed E-state index contributed by atoms with van der Waals surface area (Å²) in [6.07, 6.45) is -2.51. The Balaban J connectivity index is 2.49. The Hall–Kier alpha value is -1.78. The van der Waals surface area contributed by atoms with E-state index in [0.717, 1.165) is 0 Å². The van der Waals surface area contributed by atoms with Crippen LogP contribution in [0.2, 0.25) is 0 Å². The predicted molar refractivity (Wildman–Crippen MR) is 71.2 cm³/mol. The number of aliphatic hydroxyl groups is 2. The molecule has 2 aromatic carbocycles. The standard InChI is InChI=1S/C16H14F2O2/c1-7-3-5-9(17)13-11(7)15(19)16(20)12-8(2)4-6-10(18)14(12)13/h3-6,15-16,19-20H,1-2H3/t15-,16+. The fraction of sp³-hybridized carbons (Fsp3) is 0.250. The first-order valence-electron chi connectivity index (χ1n) is 6.38. The van der Waals surface area contributed by atoms with Gasteiger partial charge >= 0.3 is 0 Å². The summed E-state index contributed by atoms with van der Waals surface area (Å²) in [6, 6.07) is 5.54. The first-order valence-corrected chi connectivity index (χ1v) is 6.38. The highest BCUT2D eigenvalue weighted by Gasteiger charge is 2.36. The molecule has 4 heteroatoms. The number of halogens is 2. The van der Waals surface area contributed by atoms with Gasteiger partial charge in [-0.25, -0.2) is 8.78 Å². The summed E-state index contributed by atoms with van der Waals surface area (Å²) in [5.74, 6) is -1.19. The maximum absolute atomic E-state index is 14.2. The summed E-state index contributed by atoms with van der Waals surface area (Å²) in [4.78, 5) is 0. The van der Waals surface area contributed by atoms with Crippen molar-refractivity contribution in [3.63, 3.8) is 0 Å². The van der Waals surface area contributed by atoms with E-state index in [1.807, 2.05) is 0 Å². The maximum atomic E-state index is 14.2. The second kappa shape index (κ2) is 4.36. The molecule has 2 atom stereocenters. The zero-order valence-corrected chi connectivity index (χ0v) is 11.1. The Morgan fingerprint density at radius 3 is 1.45 bits per heavy atom. The van der Waals surface area contributed by atoms with E-state index in [-0.39, 0.29) is 22.3 Å². The van der Waals surface area contributed by atoms with Crippen molar-refractivity contribution in [3.05, 3.63) is 58.2 Å². The lowest BCUT2D eigenvalue weighted by atomic mass is 9.78. The normalized spacial score (nSPS) is 20.5. The van der Waals surface area contributed by atoms with Crippen LogP contribution in [0.15, 0.2) is 24.3 Å². The molecular weight excluding hydrogens is 262 g/mol. The summed E-state index contributed by atoms with van der Waals surface area (Å²) >= 11 is 0. The third-order valence-electron chi connectivity index (χ3n) is 3.97. The van der Waals surface area contributed by atoms with Gasteiger partial charge < -0.3 is 10.2 Å². The monoisotopic (exact) mass is 276 g/mol. The van der Waals surface area contributed by atoms with Crippen LogP contribution in [-0.4, -0.2) is 10.2 Å². The van der Waals surface area contributed by atoms with Crippen LogP contribution in [0.3, 0.4) is 0 Å². The van der Waals surface area contributed by atoms with E-state index < -0.39 is 23.8 Å². The van der Waals surface area contributed by atoms with Gasteiger partial charge in [0.25, 0.3) is 0 Å². The minimum Gasteiger partial charge on any atom is -0.385 e. The van der Waals surface area contributed by atoms with Crippen LogP contribution in [0.1, 0.15) is 34.5 Å². The van der Waals surface area contributed by atoms with Gasteiger partial charge in [-0.1, -0.05) is 12.1 Å². The summed E-state index contributed by atoms with van der Waals surface area (Å²) < 4.78 is 28.4. The Kier molecular flexibility index (Phi) is 2.88. The topological polar surface area (TPSA) is 40.5 Å². The predicted octanol–water partition coefficient (Wildman–Crippen LogP) is 3.33. The van der Waals surface area contributed by atoms with Crippen LogP contribution in [0.5, 0.6) is 0 Å². The quantitative estimate of drug-likeness (QED) is 0.775. The van der Waals surface area contributed by atoms with Crippen LogP contribution >= 0.6 is 0 Å². The van der Waals surface area contributed by atoms with E-state index >= 15 is 0 Å². The molecule has 2 aromatic rings. The van der Waals surface area contributed by atoms with Gasteiger partial charge in [0.05, 0.1) is 0 Å². The molecule has 0 radical (unpaired) electrons. The molecule has 0 aliphatic heterocycles. The number of fused-ring (bicyclic) bond motifs is 3. The van der Waals surface area contributed by atoms with E-state index in [1.54, 1.807) is 13.8 Å². The average Bonchev–Trinajstić information content (AvgIpc) is 2.41. The van der Waals surface area contributed by atoms with Gasteiger partial charge in [0.15, 0.2) is 0 Å². The zero-order valence-electron chi connectivity index (χ0n) is 11.1. The fourth-order valence-corrected chi connectivity index (χ4v) is 2.98. The molecule has 0 aromatic heterocycles. The van der Waals surface area contributed by atoms with Crippen molar-refractivity contribution in [1.82, 2.24) is 0 Å². The van der Waals surface area contributed by atoms with E-state index in [4.69, 9.17) is 0 Å². The molecule has 104 valence electrons. The summed E-state index contributed by atoms with van der Waals surface area (Å²) in [5, 5.41) is 20.5. The first-order chi connectivity index (χ1) is 9.43. The van der Waals surface area contributed by atoms with Gasteiger partial charge in [-0.05, 0) is 48.2 Å². The summed E-state index contributed by atoms with van der Waals surface area (Å²) in [5.41, 5.74) is 1.88. The largest absolute Gasteiger partial charge is 0.385 e. The van der Waals surface area contributed by atoms with Gasteiger partial charge in [0.2, 0.25) is 0 Å². The fourth-order valence-electron chi connectivity index (χ4n) is 2.98. The zero-order chi connectivity index (χ0) is 14.6. The minimum absolute atomic E-state index is 0.0546. The van der Waals surface area contributed by atoms with Gasteiger partial charge in [0.1, 0.15) is 23.8 Å². The highest BCUT2D eigenvalue weighted by Crippen LogP contribution is 2.48. The third-order valence-corrected chi connectivity index (χ3v) is 3.97. The minimum atomic E-state index is -1.26. The van der Waals surface area contributed by atoms with E-state index in [2.05, 4.69) is 0 Å². The van der Waals surface area contributed by atoms with E-state index in [9.17, 15) is 19.0 Å². The average molecular weight is 276 g/mol. The van der Waals surface area contributed by atoms with Crippen molar-refractivity contribution < 1.29 is 19.0 Å². The molecule has 3 rings (SSSR count). The Morgan fingerprint density at radius 1 is 0.750 bits per heavy atom. The Labute approximate surface area is 115 Å². The van der Waals surface area contributed by atoms with Crippen LogP contribution in [0.4, 0.5) is 8.78 Å². The van der Waals surface area contributed by atoms with Crippen molar-refractivity contribution in [2.24, 2.45) is 0 Å². The highest BCUT2D eigenvalue weighted by molar-refractivity contribution is 5.77. The van der Waals surface area contributed by atoms with Crippen LogP contribution in [0, 0.1) is 25.5 Å². The van der Waals surface area contributed by atoms with Crippen LogP contribution in [0.25, 0.3) is 11.1 Å². The molecule has 0 heterocycles. The lowest BCUT2D eigenvalue weighted by Gasteiger charge is -2.32. The second-order valence-corrected chi connectivity index (χ2v) is 5.20. The van der Waals surface area contributed by atoms with Crippen LogP contribution < -0.4 is 0 Å². The lowest BCUT2D eigenvalue weighted by Crippen LogP contribution is -2.21. The van der Waals surface area contributed by atoms with E-state index in [1.165, 1.54) is 24.3 Å². The number of rotatable bonds is 0. The number of hydrogen-bond acceptors (Lipinski definition) is 2. The number of hydrogen-bond donors (Lipinski definition) is 2. The van der Waals surface area contributed by atoms with Crippen LogP contribution in [-0.2, 0) is 0 Å². The first kappa shape index (κ1) is 13.2. The van der Waals surface area contributed by atoms with Gasteiger partial charge in [-0.3, -0.25) is 0 Å². The van der Waals surface area contributed by atoms with Crippen molar-refractivity contribution in [2.75, 3.05) is 0 Å². The number of aryl methyl sites for hydroxylation is 2. The molecule has 0 saturated heterocycles. The second-order valence-electron chi connectivity index (χ2n) is 5.20. The lowest BCUT2D eigenvalue weighted by molar-refractivity contribution is 0.0146. The molecule has 0 amide bonds. The maximum Gasteiger partial charge on any atom is 0.131 e. The van der Waals surface area contributed by atoms with Gasteiger partial charge in [0, 0.05) is 11.1 Å². The summed E-state index contributed by atoms with van der Waals surface area (Å²) in [6.45, 7) is 3.40. The molecule has 1 aliphatic carbocycles.